The molecule has 1 N–H and O–H groups in total. The molecule has 3 aromatic heterocycles. The summed E-state index contributed by atoms with van der Waals surface area (Å²) in [6.45, 7) is 7.13. The highest BCUT2D eigenvalue weighted by atomic mass is 16.6. The molecule has 1 amide bonds. The molecule has 1 aliphatic heterocycles. The largest absolute Gasteiger partial charge is 0.444 e. The van der Waals surface area contributed by atoms with Gasteiger partial charge in [0.1, 0.15) is 5.60 Å². The summed E-state index contributed by atoms with van der Waals surface area (Å²) >= 11 is 0. The van der Waals surface area contributed by atoms with Crippen molar-refractivity contribution < 1.29 is 9.53 Å². The first-order chi connectivity index (χ1) is 12.4. The number of aromatic amines is 1. The van der Waals surface area contributed by atoms with Crippen LogP contribution < -0.4 is 0 Å². The molecular formula is C20H24N4O2. The van der Waals surface area contributed by atoms with Gasteiger partial charge < -0.3 is 14.6 Å². The van der Waals surface area contributed by atoms with E-state index in [0.717, 1.165) is 29.4 Å². The molecule has 6 nitrogen and oxygen atoms in total. The van der Waals surface area contributed by atoms with Gasteiger partial charge in [0.15, 0.2) is 5.65 Å². The smallest absolute Gasteiger partial charge is 0.410 e. The number of piperidine rings is 1. The van der Waals surface area contributed by atoms with Gasteiger partial charge in [-0.05, 0) is 57.2 Å². The normalized spacial score (nSPS) is 16.3. The number of likely N-dealkylation sites (tertiary alicyclic amines) is 1. The first kappa shape index (κ1) is 16.8. The van der Waals surface area contributed by atoms with Crippen molar-refractivity contribution in [3.63, 3.8) is 0 Å². The van der Waals surface area contributed by atoms with Crippen molar-refractivity contribution in [1.29, 1.82) is 0 Å². The van der Waals surface area contributed by atoms with Gasteiger partial charge in [-0.25, -0.2) is 14.8 Å². The molecule has 0 unspecified atom stereocenters. The fourth-order valence-electron chi connectivity index (χ4n) is 3.72. The maximum absolute atomic E-state index is 12.3. The number of fused-ring (bicyclic) bond motifs is 3. The Morgan fingerprint density at radius 2 is 2.00 bits per heavy atom. The van der Waals surface area contributed by atoms with Gasteiger partial charge in [-0.1, -0.05) is 0 Å². The average Bonchev–Trinajstić information content (AvgIpc) is 3.09. The number of carbonyl (C=O) groups excluding carboxylic acids is 1. The number of hydrogen-bond donors (Lipinski definition) is 1. The Morgan fingerprint density at radius 3 is 2.73 bits per heavy atom. The number of ether oxygens (including phenoxy) is 1. The van der Waals surface area contributed by atoms with Crippen LogP contribution in [0.1, 0.15) is 45.1 Å². The fraction of sp³-hybridized carbons (Fsp3) is 0.450. The number of H-pyrrole nitrogens is 1. The molecular weight excluding hydrogens is 328 g/mol. The van der Waals surface area contributed by atoms with E-state index >= 15 is 0 Å². The number of hydrogen-bond acceptors (Lipinski definition) is 4. The minimum Gasteiger partial charge on any atom is -0.444 e. The first-order valence-electron chi connectivity index (χ1n) is 9.11. The zero-order chi connectivity index (χ0) is 18.3. The van der Waals surface area contributed by atoms with E-state index in [2.05, 4.69) is 21.0 Å². The Labute approximate surface area is 152 Å². The lowest BCUT2D eigenvalue weighted by atomic mass is 9.87. The Hall–Kier alpha value is -2.63. The lowest BCUT2D eigenvalue weighted by Crippen LogP contribution is -2.41. The molecule has 0 radical (unpaired) electrons. The van der Waals surface area contributed by atoms with Crippen LogP contribution in [0.5, 0.6) is 0 Å². The van der Waals surface area contributed by atoms with Gasteiger partial charge in [0, 0.05) is 36.3 Å². The highest BCUT2D eigenvalue weighted by molar-refractivity contribution is 6.05. The number of nitrogens with one attached hydrogen (secondary N) is 1. The van der Waals surface area contributed by atoms with Crippen LogP contribution in [0.4, 0.5) is 4.79 Å². The predicted octanol–water partition coefficient (Wildman–Crippen LogP) is 4.23. The molecule has 0 aliphatic carbocycles. The van der Waals surface area contributed by atoms with Gasteiger partial charge in [-0.3, -0.25) is 0 Å². The van der Waals surface area contributed by atoms with E-state index in [1.807, 2.05) is 44.1 Å². The second-order valence-corrected chi connectivity index (χ2v) is 7.90. The monoisotopic (exact) mass is 352 g/mol. The Kier molecular flexibility index (Phi) is 4.05. The molecule has 6 heteroatoms. The van der Waals surface area contributed by atoms with Crippen molar-refractivity contribution in [3.05, 3.63) is 36.3 Å². The summed E-state index contributed by atoms with van der Waals surface area (Å²) in [6, 6.07) is 4.18. The van der Waals surface area contributed by atoms with Crippen molar-refractivity contribution in [2.75, 3.05) is 13.1 Å². The highest BCUT2D eigenvalue weighted by Crippen LogP contribution is 2.35. The minimum atomic E-state index is -0.456. The van der Waals surface area contributed by atoms with Crippen LogP contribution >= 0.6 is 0 Å². The third-order valence-corrected chi connectivity index (χ3v) is 4.91. The molecule has 0 saturated carbocycles. The molecule has 136 valence electrons. The molecule has 26 heavy (non-hydrogen) atoms. The number of amides is 1. The molecule has 0 bridgehead atoms. The van der Waals surface area contributed by atoms with E-state index in [4.69, 9.17) is 4.74 Å². The van der Waals surface area contributed by atoms with E-state index in [1.54, 1.807) is 6.20 Å². The fourth-order valence-corrected chi connectivity index (χ4v) is 3.72. The Bertz CT molecular complexity index is 949. The average molecular weight is 352 g/mol. The SMILES string of the molecule is CC(C)(C)OC(=O)N1CCC(c2cc[nH]c3cnc4nccc4c23)CC1. The predicted molar refractivity (Wildman–Crippen MR) is 101 cm³/mol. The molecule has 0 spiro atoms. The van der Waals surface area contributed by atoms with Gasteiger partial charge in [0.2, 0.25) is 0 Å². The number of carbonyl (C=O) groups is 1. The van der Waals surface area contributed by atoms with Crippen LogP contribution in [0.25, 0.3) is 21.9 Å². The summed E-state index contributed by atoms with van der Waals surface area (Å²) < 4.78 is 5.50. The van der Waals surface area contributed by atoms with Gasteiger partial charge in [-0.2, -0.15) is 0 Å². The second kappa shape index (κ2) is 6.27. The molecule has 4 heterocycles. The summed E-state index contributed by atoms with van der Waals surface area (Å²) in [5.41, 5.74) is 2.66. The zero-order valence-corrected chi connectivity index (χ0v) is 15.5. The van der Waals surface area contributed by atoms with Gasteiger partial charge in [0.05, 0.1) is 11.7 Å². The summed E-state index contributed by atoms with van der Waals surface area (Å²) in [5, 5.41) is 2.29. The molecule has 1 fully saturated rings. The third-order valence-electron chi connectivity index (χ3n) is 4.91. The van der Waals surface area contributed by atoms with Gasteiger partial charge >= 0.3 is 6.09 Å². The lowest BCUT2D eigenvalue weighted by Gasteiger charge is -2.34. The van der Waals surface area contributed by atoms with E-state index in [0.29, 0.717) is 19.0 Å². The summed E-state index contributed by atoms with van der Waals surface area (Å²) in [7, 11) is 0. The number of pyridine rings is 2. The standard InChI is InChI=1S/C20H24N4O2/c1-20(2,3)26-19(25)24-10-6-13(7-11-24)14-4-8-21-16-12-23-18-15(17(14)16)5-9-22-18/h4-5,8-9,12-13,21H,6-7,10-11H2,1-3H3. The third kappa shape index (κ3) is 3.11. The van der Waals surface area contributed by atoms with Crippen molar-refractivity contribution in [2.24, 2.45) is 0 Å². The zero-order valence-electron chi connectivity index (χ0n) is 15.5. The van der Waals surface area contributed by atoms with Crippen molar-refractivity contribution in [2.45, 2.75) is 45.1 Å². The van der Waals surface area contributed by atoms with E-state index in [-0.39, 0.29) is 6.09 Å². The van der Waals surface area contributed by atoms with Crippen molar-refractivity contribution in [1.82, 2.24) is 19.9 Å². The highest BCUT2D eigenvalue weighted by Gasteiger charge is 2.28. The Balaban J connectivity index is 1.58. The van der Waals surface area contributed by atoms with Gasteiger partial charge in [-0.15, -0.1) is 0 Å². The van der Waals surface area contributed by atoms with Crippen LogP contribution in [-0.2, 0) is 4.74 Å². The summed E-state index contributed by atoms with van der Waals surface area (Å²) in [5.74, 6) is 0.409. The van der Waals surface area contributed by atoms with Crippen molar-refractivity contribution in [3.8, 4) is 0 Å². The van der Waals surface area contributed by atoms with Crippen molar-refractivity contribution >= 4 is 28.0 Å². The second-order valence-electron chi connectivity index (χ2n) is 7.90. The quantitative estimate of drug-likeness (QED) is 0.711. The number of rotatable bonds is 1. The molecule has 4 rings (SSSR count). The van der Waals surface area contributed by atoms with E-state index < -0.39 is 5.60 Å². The lowest BCUT2D eigenvalue weighted by molar-refractivity contribution is 0.0205. The molecule has 0 atom stereocenters. The summed E-state index contributed by atoms with van der Waals surface area (Å²) in [6.07, 6.45) is 7.27. The van der Waals surface area contributed by atoms with Crippen LogP contribution in [0.15, 0.2) is 30.7 Å². The molecule has 1 saturated heterocycles. The van der Waals surface area contributed by atoms with Gasteiger partial charge in [0.25, 0.3) is 0 Å². The number of nitrogens with zero attached hydrogens (tertiary/aromatic N) is 3. The maximum atomic E-state index is 12.3. The topological polar surface area (TPSA) is 71.1 Å². The first-order valence-corrected chi connectivity index (χ1v) is 9.11. The summed E-state index contributed by atoms with van der Waals surface area (Å²) in [4.78, 5) is 26.1. The van der Waals surface area contributed by atoms with Crippen LogP contribution in [0.3, 0.4) is 0 Å². The van der Waals surface area contributed by atoms with E-state index in [9.17, 15) is 4.79 Å². The van der Waals surface area contributed by atoms with Crippen LogP contribution in [0, 0.1) is 0 Å². The molecule has 3 aromatic rings. The van der Waals surface area contributed by atoms with Crippen LogP contribution in [-0.4, -0.2) is 44.6 Å². The van der Waals surface area contributed by atoms with Crippen LogP contribution in [0.2, 0.25) is 0 Å². The molecule has 1 aliphatic rings. The minimum absolute atomic E-state index is 0.214. The maximum Gasteiger partial charge on any atom is 0.410 e. The number of aromatic nitrogens is 3. The van der Waals surface area contributed by atoms with E-state index in [1.165, 1.54) is 10.9 Å². The Morgan fingerprint density at radius 1 is 1.23 bits per heavy atom. The molecule has 0 aromatic carbocycles.